The molecule has 1 heterocycles. The molecule has 0 saturated heterocycles. The van der Waals surface area contributed by atoms with Gasteiger partial charge in [0.1, 0.15) is 6.54 Å². The Bertz CT molecular complexity index is 531. The summed E-state index contributed by atoms with van der Waals surface area (Å²) >= 11 is 0. The molecule has 0 bridgehead atoms. The van der Waals surface area contributed by atoms with Crippen molar-refractivity contribution in [3.8, 4) is 0 Å². The fraction of sp³-hybridized carbons (Fsp3) is 0.857. The van der Waals surface area contributed by atoms with Gasteiger partial charge in [-0.15, -0.1) is 0 Å². The maximum absolute atomic E-state index is 11.5. The number of hydrogen-bond acceptors (Lipinski definition) is 2. The maximum Gasteiger partial charge on any atom is 0.221 e. The number of nitrogens with zero attached hydrogens (tertiary/aromatic N) is 2. The fourth-order valence-corrected chi connectivity index (χ4v) is 5.02. The molecule has 4 nitrogen and oxygen atoms in total. The lowest BCUT2D eigenvalue weighted by atomic mass is 10.0. The van der Waals surface area contributed by atoms with Gasteiger partial charge in [0, 0.05) is 13.8 Å². The van der Waals surface area contributed by atoms with Crippen molar-refractivity contribution in [3.05, 3.63) is 12.2 Å². The Morgan fingerprint density at radius 3 is 1.91 bits per heavy atom. The van der Waals surface area contributed by atoms with E-state index in [0.717, 1.165) is 24.0 Å². The van der Waals surface area contributed by atoms with E-state index >= 15 is 0 Å². The molecule has 0 aromatic rings. The average molecular weight is 449 g/mol. The largest absolute Gasteiger partial charge is 0.307 e. The number of likely N-dealkylation sites (N-methyl/N-ethyl adjacent to an activating group) is 1. The third kappa shape index (κ3) is 11.6. The Morgan fingerprint density at radius 2 is 1.44 bits per heavy atom. The number of quaternary nitrogens is 1. The van der Waals surface area contributed by atoms with Crippen molar-refractivity contribution in [1.82, 2.24) is 5.32 Å². The van der Waals surface area contributed by atoms with Gasteiger partial charge in [0.2, 0.25) is 12.1 Å². The second-order valence-corrected chi connectivity index (χ2v) is 9.89. The van der Waals surface area contributed by atoms with E-state index < -0.39 is 0 Å². The van der Waals surface area contributed by atoms with E-state index in [9.17, 15) is 4.79 Å². The van der Waals surface area contributed by atoms with Crippen molar-refractivity contribution >= 4 is 12.1 Å². The summed E-state index contributed by atoms with van der Waals surface area (Å²) in [6.07, 6.45) is 29.1. The highest BCUT2D eigenvalue weighted by molar-refractivity contribution is 5.73. The van der Waals surface area contributed by atoms with Crippen LogP contribution in [-0.2, 0) is 4.79 Å². The fourth-order valence-electron chi connectivity index (χ4n) is 5.02. The lowest BCUT2D eigenvalue weighted by molar-refractivity contribution is -0.953. The van der Waals surface area contributed by atoms with Crippen molar-refractivity contribution in [2.75, 3.05) is 13.1 Å². The molecule has 1 rings (SSSR count). The van der Waals surface area contributed by atoms with E-state index in [4.69, 9.17) is 4.99 Å². The molecule has 0 aliphatic carbocycles. The number of aliphatic imine (C=N–C) groups is 1. The monoisotopic (exact) mass is 448 g/mol. The van der Waals surface area contributed by atoms with E-state index in [2.05, 4.69) is 38.2 Å². The first-order valence-electron chi connectivity index (χ1n) is 13.9. The van der Waals surface area contributed by atoms with Gasteiger partial charge < -0.3 is 5.32 Å². The topological polar surface area (TPSA) is 41.5 Å². The van der Waals surface area contributed by atoms with Gasteiger partial charge in [0.25, 0.3) is 0 Å². The van der Waals surface area contributed by atoms with Gasteiger partial charge in [0.15, 0.2) is 6.17 Å². The Labute approximate surface area is 199 Å². The minimum absolute atomic E-state index is 0.0379. The molecule has 0 aromatic carbocycles. The van der Waals surface area contributed by atoms with Gasteiger partial charge in [0.05, 0.1) is 12.8 Å². The molecule has 4 heteroatoms. The smallest absolute Gasteiger partial charge is 0.221 e. The molecule has 0 saturated carbocycles. The molecule has 3 unspecified atom stereocenters. The number of allylic oxidation sites excluding steroid dienone is 1. The Hall–Kier alpha value is -1.16. The first kappa shape index (κ1) is 28.9. The first-order valence-corrected chi connectivity index (χ1v) is 13.9. The first-order chi connectivity index (χ1) is 15.6. The Morgan fingerprint density at radius 1 is 0.938 bits per heavy atom. The normalized spacial score (nSPS) is 21.4. The van der Waals surface area contributed by atoms with E-state index in [0.29, 0.717) is 0 Å². The van der Waals surface area contributed by atoms with Crippen LogP contribution in [0, 0.1) is 0 Å². The predicted molar refractivity (Wildman–Crippen MR) is 140 cm³/mol. The molecule has 1 aliphatic heterocycles. The van der Waals surface area contributed by atoms with Crippen molar-refractivity contribution in [2.45, 2.75) is 143 Å². The van der Waals surface area contributed by atoms with Gasteiger partial charge in [-0.05, 0) is 25.8 Å². The Balaban J connectivity index is 2.02. The molecule has 1 amide bonds. The number of carbonyl (C=O) groups excluding carboxylic acids is 1. The van der Waals surface area contributed by atoms with Gasteiger partial charge in [-0.1, -0.05) is 103 Å². The van der Waals surface area contributed by atoms with Crippen molar-refractivity contribution in [3.63, 3.8) is 0 Å². The van der Waals surface area contributed by atoms with E-state index in [-0.39, 0.29) is 18.2 Å². The minimum Gasteiger partial charge on any atom is -0.307 e. The van der Waals surface area contributed by atoms with Crippen LogP contribution in [0.2, 0.25) is 0 Å². The summed E-state index contributed by atoms with van der Waals surface area (Å²) in [5.74, 6) is 0.0379. The van der Waals surface area contributed by atoms with Crippen LogP contribution in [0.4, 0.5) is 0 Å². The van der Waals surface area contributed by atoms with Gasteiger partial charge >= 0.3 is 0 Å². The van der Waals surface area contributed by atoms with Crippen LogP contribution in [0.5, 0.6) is 0 Å². The summed E-state index contributed by atoms with van der Waals surface area (Å²) < 4.78 is 0.801. The number of rotatable bonds is 20. The van der Waals surface area contributed by atoms with E-state index in [1.807, 2.05) is 6.21 Å². The quantitative estimate of drug-likeness (QED) is 0.117. The number of nitrogens with one attached hydrogen (secondary N) is 1. The standard InChI is InChI=1S/C28H53N3O/c1-5-7-8-9-10-11-12-13-14-15-16-17-18-19-20-21-22-23-28-29-24-25-31(28,6-2)26(3)30-27(4)32/h22-24,26,28H,5-21,25H2,1-4H3/p+1/b23-22+. The van der Waals surface area contributed by atoms with Gasteiger partial charge in [-0.2, -0.15) is 0 Å². The van der Waals surface area contributed by atoms with Gasteiger partial charge in [-0.3, -0.25) is 9.28 Å². The molecule has 186 valence electrons. The summed E-state index contributed by atoms with van der Waals surface area (Å²) in [7, 11) is 0. The minimum atomic E-state index is 0.0379. The highest BCUT2D eigenvalue weighted by atomic mass is 16.1. The Kier molecular flexibility index (Phi) is 16.5. The molecular weight excluding hydrogens is 394 g/mol. The van der Waals surface area contributed by atoms with Crippen LogP contribution in [0.15, 0.2) is 17.1 Å². The van der Waals surface area contributed by atoms with Crippen molar-refractivity contribution in [1.29, 1.82) is 0 Å². The van der Waals surface area contributed by atoms with Crippen LogP contribution >= 0.6 is 0 Å². The van der Waals surface area contributed by atoms with Gasteiger partial charge in [-0.25, -0.2) is 4.99 Å². The van der Waals surface area contributed by atoms with Crippen molar-refractivity contribution < 1.29 is 9.28 Å². The third-order valence-electron chi connectivity index (χ3n) is 7.26. The predicted octanol–water partition coefficient (Wildman–Crippen LogP) is 7.53. The van der Waals surface area contributed by atoms with Crippen LogP contribution in [0.1, 0.15) is 130 Å². The summed E-state index contributed by atoms with van der Waals surface area (Å²) in [6.45, 7) is 10.1. The number of amides is 1. The second kappa shape index (κ2) is 18.3. The van der Waals surface area contributed by atoms with E-state index in [1.165, 1.54) is 96.3 Å². The summed E-state index contributed by atoms with van der Waals surface area (Å²) in [5, 5.41) is 3.08. The molecule has 0 radical (unpaired) electrons. The molecule has 1 aliphatic rings. The van der Waals surface area contributed by atoms with Crippen molar-refractivity contribution in [2.24, 2.45) is 4.99 Å². The molecule has 32 heavy (non-hydrogen) atoms. The lowest BCUT2D eigenvalue weighted by Crippen LogP contribution is -2.63. The zero-order valence-corrected chi connectivity index (χ0v) is 21.9. The summed E-state index contributed by atoms with van der Waals surface area (Å²) in [4.78, 5) is 16.2. The zero-order valence-electron chi connectivity index (χ0n) is 21.9. The second-order valence-electron chi connectivity index (χ2n) is 9.89. The summed E-state index contributed by atoms with van der Waals surface area (Å²) in [6, 6.07) is 0. The number of carbonyl (C=O) groups is 1. The molecule has 0 fully saturated rings. The molecule has 0 spiro atoms. The average Bonchev–Trinajstić information content (AvgIpc) is 3.19. The van der Waals surface area contributed by atoms with Crippen LogP contribution < -0.4 is 5.32 Å². The van der Waals surface area contributed by atoms with E-state index in [1.54, 1.807) is 6.92 Å². The summed E-state index contributed by atoms with van der Waals surface area (Å²) in [5.41, 5.74) is 0. The number of hydrogen-bond donors (Lipinski definition) is 1. The third-order valence-corrected chi connectivity index (χ3v) is 7.26. The highest BCUT2D eigenvalue weighted by Crippen LogP contribution is 2.24. The maximum atomic E-state index is 11.5. The van der Waals surface area contributed by atoms with Crippen LogP contribution in [-0.4, -0.2) is 42.0 Å². The molecule has 1 N–H and O–H groups in total. The molecule has 0 aromatic heterocycles. The SMILES string of the molecule is CCCCCCCCCCCCCCCCC/C=C/C1N=CC[N+]1(CC)C(C)NC(C)=O. The molecule has 3 atom stereocenters. The molecular formula is C28H54N3O+. The highest BCUT2D eigenvalue weighted by Gasteiger charge is 2.41. The zero-order chi connectivity index (χ0) is 23.5. The lowest BCUT2D eigenvalue weighted by Gasteiger charge is -2.41. The van der Waals surface area contributed by atoms with Crippen LogP contribution in [0.3, 0.4) is 0 Å². The number of unbranched alkanes of at least 4 members (excludes halogenated alkanes) is 15. The van der Waals surface area contributed by atoms with Crippen LogP contribution in [0.25, 0.3) is 0 Å².